The van der Waals surface area contributed by atoms with Crippen LogP contribution in [0, 0.1) is 13.8 Å². The van der Waals surface area contributed by atoms with Crippen molar-refractivity contribution < 1.29 is 23.7 Å². The lowest BCUT2D eigenvalue weighted by atomic mass is 10.1. The van der Waals surface area contributed by atoms with Crippen molar-refractivity contribution >= 4 is 49.8 Å². The van der Waals surface area contributed by atoms with E-state index in [-0.39, 0.29) is 0 Å². The van der Waals surface area contributed by atoms with Crippen molar-refractivity contribution in [3.8, 4) is 11.5 Å². The zero-order valence-electron chi connectivity index (χ0n) is 26.0. The van der Waals surface area contributed by atoms with Crippen LogP contribution in [0.4, 0.5) is 11.6 Å². The lowest BCUT2D eigenvalue weighted by molar-refractivity contribution is -0.181. The molecule has 0 spiro atoms. The van der Waals surface area contributed by atoms with Gasteiger partial charge >= 0.3 is 0 Å². The van der Waals surface area contributed by atoms with Gasteiger partial charge < -0.3 is 30.0 Å². The summed E-state index contributed by atoms with van der Waals surface area (Å²) < 4.78 is 24.7. The Bertz CT molecular complexity index is 1610. The molecule has 0 aromatic carbocycles. The Kier molecular flexibility index (Phi) is 11.1. The van der Waals surface area contributed by atoms with Crippen LogP contribution in [-0.2, 0) is 29.2 Å². The molecular weight excluding hydrogens is 708 g/mol. The number of aryl methyl sites for hydroxylation is 2. The number of nitrogens with zero attached hydrogens (tertiary/aromatic N) is 4. The average molecular weight is 744 g/mol. The molecule has 45 heavy (non-hydrogen) atoms. The first-order chi connectivity index (χ1) is 21.3. The van der Waals surface area contributed by atoms with Gasteiger partial charge in [0, 0.05) is 84.7 Å². The Morgan fingerprint density at radius 3 is 1.89 bits per heavy atom. The van der Waals surface area contributed by atoms with Gasteiger partial charge in [0.25, 0.3) is 0 Å². The van der Waals surface area contributed by atoms with Gasteiger partial charge in [-0.2, -0.15) is 0 Å². The van der Waals surface area contributed by atoms with Crippen LogP contribution in [0.25, 0.3) is 0 Å². The summed E-state index contributed by atoms with van der Waals surface area (Å²) in [5.74, 6) is 1.61. The molecule has 6 rings (SSSR count). The molecule has 4 aromatic heterocycles. The van der Waals surface area contributed by atoms with Crippen LogP contribution in [-0.4, -0.2) is 37.8 Å². The maximum Gasteiger partial charge on any atom is 0.205 e. The number of aldehydes is 1. The van der Waals surface area contributed by atoms with E-state index < -0.39 is 11.6 Å². The minimum Gasteiger partial charge on any atom is -0.461 e. The molecule has 4 aromatic rings. The smallest absolute Gasteiger partial charge is 0.205 e. The lowest BCUT2D eigenvalue weighted by Crippen LogP contribution is -2.36. The van der Waals surface area contributed by atoms with E-state index in [4.69, 9.17) is 24.7 Å². The third-order valence-electron chi connectivity index (χ3n) is 6.64. The molecule has 0 aliphatic carbocycles. The number of ether oxygens (including phenoxy) is 4. The Morgan fingerprint density at radius 1 is 0.800 bits per heavy atom. The van der Waals surface area contributed by atoms with Gasteiger partial charge in [-0.25, -0.2) is 9.97 Å². The van der Waals surface area contributed by atoms with Gasteiger partial charge in [0.1, 0.15) is 17.4 Å². The summed E-state index contributed by atoms with van der Waals surface area (Å²) in [6, 6.07) is 7.47. The number of pyridine rings is 4. The van der Waals surface area contributed by atoms with E-state index in [0.717, 1.165) is 54.9 Å². The second kappa shape index (κ2) is 14.6. The quantitative estimate of drug-likeness (QED) is 0.207. The summed E-state index contributed by atoms with van der Waals surface area (Å²) in [4.78, 5) is 27.5. The number of anilines is 2. The summed E-state index contributed by atoms with van der Waals surface area (Å²) in [6.07, 6.45) is 7.61. The minimum atomic E-state index is -0.652. The van der Waals surface area contributed by atoms with Crippen molar-refractivity contribution in [2.75, 3.05) is 11.1 Å². The maximum atomic E-state index is 10.8. The van der Waals surface area contributed by atoms with E-state index in [1.54, 1.807) is 24.7 Å². The number of nitrogens with one attached hydrogen (secondary N) is 1. The third-order valence-corrected chi connectivity index (χ3v) is 7.58. The van der Waals surface area contributed by atoms with E-state index in [1.807, 2.05) is 65.9 Å². The van der Waals surface area contributed by atoms with Gasteiger partial charge in [-0.05, 0) is 75.5 Å². The zero-order valence-corrected chi connectivity index (χ0v) is 29.2. The molecule has 11 nitrogen and oxygen atoms in total. The number of carbonyl (C=O) groups excluding carboxylic acids is 1. The Balaban J connectivity index is 0.000000172. The highest BCUT2D eigenvalue weighted by Gasteiger charge is 2.31. The minimum absolute atomic E-state index is 0.389. The molecule has 0 unspecified atom stereocenters. The highest BCUT2D eigenvalue weighted by atomic mass is 79.9. The van der Waals surface area contributed by atoms with Crippen LogP contribution in [0.2, 0.25) is 0 Å². The zero-order chi connectivity index (χ0) is 32.8. The van der Waals surface area contributed by atoms with E-state index >= 15 is 0 Å². The first-order valence-corrected chi connectivity index (χ1v) is 15.6. The van der Waals surface area contributed by atoms with Crippen LogP contribution < -0.4 is 20.5 Å². The second-order valence-electron chi connectivity index (χ2n) is 11.1. The number of aromatic nitrogens is 4. The van der Waals surface area contributed by atoms with Crippen LogP contribution in [0.3, 0.4) is 0 Å². The lowest BCUT2D eigenvalue weighted by Gasteiger charge is -2.34. The van der Waals surface area contributed by atoms with E-state index in [1.165, 1.54) is 0 Å². The molecule has 0 radical (unpaired) electrons. The number of fused-ring (bicyclic) bond motifs is 2. The Morgan fingerprint density at radius 2 is 1.36 bits per heavy atom. The first kappa shape index (κ1) is 34.2. The SMILES string of the molecule is Cc1ncc(C=O)c2c1OC(C)(C)OC2.Cc1ncc(CNc2ccc(Br)cn2)c2c1OC(C)(C)OC2.Nc1ccc(Br)cn1. The summed E-state index contributed by atoms with van der Waals surface area (Å²) in [6.45, 7) is 12.8. The van der Waals surface area contributed by atoms with Gasteiger partial charge in [0.05, 0.1) is 24.6 Å². The molecule has 238 valence electrons. The van der Waals surface area contributed by atoms with Crippen LogP contribution in [0.1, 0.15) is 66.1 Å². The Hall–Kier alpha value is -3.65. The highest BCUT2D eigenvalue weighted by Crippen LogP contribution is 2.36. The van der Waals surface area contributed by atoms with Crippen molar-refractivity contribution in [2.45, 2.75) is 72.9 Å². The molecule has 0 fully saturated rings. The number of nitrogen functional groups attached to an aromatic ring is 1. The van der Waals surface area contributed by atoms with Gasteiger partial charge in [-0.3, -0.25) is 14.8 Å². The van der Waals surface area contributed by atoms with Gasteiger partial charge in [0.15, 0.2) is 12.0 Å². The number of carbonyl (C=O) groups is 1. The van der Waals surface area contributed by atoms with Crippen molar-refractivity contribution in [2.24, 2.45) is 0 Å². The molecule has 6 heterocycles. The van der Waals surface area contributed by atoms with Crippen LogP contribution >= 0.6 is 31.9 Å². The predicted octanol–water partition coefficient (Wildman–Crippen LogP) is 7.08. The van der Waals surface area contributed by atoms with E-state index in [2.05, 4.69) is 57.1 Å². The number of hydrogen-bond donors (Lipinski definition) is 2. The molecule has 3 N–H and O–H groups in total. The van der Waals surface area contributed by atoms with Crippen LogP contribution in [0.15, 0.2) is 58.0 Å². The van der Waals surface area contributed by atoms with Crippen molar-refractivity contribution in [3.63, 3.8) is 0 Å². The molecule has 0 atom stereocenters. The summed E-state index contributed by atoms with van der Waals surface area (Å²) in [5, 5.41) is 3.30. The normalized spacial score (nSPS) is 15.3. The predicted molar refractivity (Wildman–Crippen MR) is 178 cm³/mol. The molecule has 0 bridgehead atoms. The summed E-state index contributed by atoms with van der Waals surface area (Å²) >= 11 is 6.60. The van der Waals surface area contributed by atoms with Gasteiger partial charge in [-0.1, -0.05) is 0 Å². The molecule has 0 amide bonds. The highest BCUT2D eigenvalue weighted by molar-refractivity contribution is 9.10. The fourth-order valence-corrected chi connectivity index (χ4v) is 4.72. The fourth-order valence-electron chi connectivity index (χ4n) is 4.26. The van der Waals surface area contributed by atoms with Crippen molar-refractivity contribution in [3.05, 3.63) is 91.6 Å². The van der Waals surface area contributed by atoms with Gasteiger partial charge in [-0.15, -0.1) is 0 Å². The van der Waals surface area contributed by atoms with E-state index in [9.17, 15) is 4.79 Å². The molecule has 13 heteroatoms. The van der Waals surface area contributed by atoms with Crippen molar-refractivity contribution in [1.82, 2.24) is 19.9 Å². The Labute approximate surface area is 279 Å². The summed E-state index contributed by atoms with van der Waals surface area (Å²) in [7, 11) is 0. The molecule has 0 saturated heterocycles. The largest absolute Gasteiger partial charge is 0.461 e. The standard InChI is InChI=1S/C16H18BrN3O2.C11H13NO3.C5H5BrN2/c1-10-15-13(9-21-16(2,3)22-15)11(6-18-10)7-19-14-5-4-12(17)8-20-14;1-7-10-9(8(5-13)4-12-7)6-14-11(2,3)15-10;6-4-1-2-5(7)8-3-4/h4-6,8H,7,9H2,1-3H3,(H,19,20);4-5H,6H2,1-3H3;1-3H,(H2,7,8). The topological polar surface area (TPSA) is 144 Å². The fraction of sp³-hybridized carbons (Fsp3) is 0.344. The number of nitrogens with two attached hydrogens (primary N) is 1. The molecule has 2 aliphatic rings. The number of rotatable bonds is 4. The maximum absolute atomic E-state index is 10.8. The molecular formula is C32H36Br2N6O5. The van der Waals surface area contributed by atoms with E-state index in [0.29, 0.717) is 36.9 Å². The number of halogens is 2. The van der Waals surface area contributed by atoms with Gasteiger partial charge in [0.2, 0.25) is 11.6 Å². The average Bonchev–Trinajstić information content (AvgIpc) is 3.00. The third kappa shape index (κ3) is 9.42. The monoisotopic (exact) mass is 742 g/mol. The summed E-state index contributed by atoms with van der Waals surface area (Å²) in [5.41, 5.74) is 10.4. The molecule has 0 saturated carbocycles. The van der Waals surface area contributed by atoms with Crippen molar-refractivity contribution in [1.29, 1.82) is 0 Å². The second-order valence-corrected chi connectivity index (χ2v) is 12.9. The number of hydrogen-bond acceptors (Lipinski definition) is 11. The first-order valence-electron chi connectivity index (χ1n) is 14.1. The van der Waals surface area contributed by atoms with Crippen LogP contribution in [0.5, 0.6) is 11.5 Å². The molecule has 2 aliphatic heterocycles.